The average Bonchev–Trinajstić information content (AvgIpc) is 2.25. The van der Waals surface area contributed by atoms with Gasteiger partial charge in [-0.1, -0.05) is 27.7 Å². The third-order valence-electron chi connectivity index (χ3n) is 5.29. The minimum Gasteiger partial charge on any atom is -0.311 e. The van der Waals surface area contributed by atoms with Crippen molar-refractivity contribution in [3.8, 4) is 0 Å². The number of nitrogens with zero attached hydrogens (tertiary/aromatic N) is 1. The molecule has 0 bridgehead atoms. The van der Waals surface area contributed by atoms with Gasteiger partial charge in [0.15, 0.2) is 0 Å². The number of hydrogen-bond donors (Lipinski definition) is 1. The molecule has 0 atom stereocenters. The van der Waals surface area contributed by atoms with Gasteiger partial charge in [-0.3, -0.25) is 0 Å². The lowest BCUT2D eigenvalue weighted by molar-refractivity contribution is 0.0715. The summed E-state index contributed by atoms with van der Waals surface area (Å²) in [5.41, 5.74) is 0.996. The highest BCUT2D eigenvalue weighted by Crippen LogP contribution is 2.45. The lowest BCUT2D eigenvalue weighted by atomic mass is 9.63. The second-order valence-corrected chi connectivity index (χ2v) is 9.18. The summed E-state index contributed by atoms with van der Waals surface area (Å²) in [5, 5.41) is 4.00. The largest absolute Gasteiger partial charge is 0.311 e. The van der Waals surface area contributed by atoms with E-state index < -0.39 is 0 Å². The van der Waals surface area contributed by atoms with Gasteiger partial charge in [-0.2, -0.15) is 0 Å². The van der Waals surface area contributed by atoms with Crippen LogP contribution in [0.5, 0.6) is 0 Å². The van der Waals surface area contributed by atoms with Crippen molar-refractivity contribution >= 4 is 0 Å². The van der Waals surface area contributed by atoms with Crippen molar-refractivity contribution in [1.82, 2.24) is 10.2 Å². The van der Waals surface area contributed by atoms with E-state index in [0.29, 0.717) is 16.9 Å². The van der Waals surface area contributed by atoms with Crippen molar-refractivity contribution < 1.29 is 0 Å². The summed E-state index contributed by atoms with van der Waals surface area (Å²) in [5.74, 6) is 0. The van der Waals surface area contributed by atoms with Gasteiger partial charge in [0.1, 0.15) is 0 Å². The number of piperidine rings is 1. The molecule has 2 aliphatic rings. The van der Waals surface area contributed by atoms with Crippen LogP contribution in [-0.2, 0) is 0 Å². The van der Waals surface area contributed by atoms with Gasteiger partial charge >= 0.3 is 0 Å². The first-order valence-electron chi connectivity index (χ1n) is 8.67. The highest BCUT2D eigenvalue weighted by Gasteiger charge is 2.39. The molecule has 1 heterocycles. The molecule has 2 heteroatoms. The molecule has 1 aliphatic heterocycles. The maximum absolute atomic E-state index is 4.00. The standard InChI is InChI=1S/C18H36N2/c1-14(2)20-9-7-15(8-10-20)19-16-11-17(3,4)13-18(5,6)12-16/h14-16,19H,7-13H2,1-6H3. The molecule has 118 valence electrons. The first-order chi connectivity index (χ1) is 9.17. The van der Waals surface area contributed by atoms with Gasteiger partial charge in [-0.05, 0) is 69.9 Å². The maximum Gasteiger partial charge on any atom is 0.00940 e. The molecule has 2 rings (SSSR count). The van der Waals surface area contributed by atoms with Gasteiger partial charge in [-0.15, -0.1) is 0 Å². The topological polar surface area (TPSA) is 15.3 Å². The van der Waals surface area contributed by atoms with Crippen molar-refractivity contribution in [1.29, 1.82) is 0 Å². The summed E-state index contributed by atoms with van der Waals surface area (Å²) in [6, 6.07) is 2.19. The van der Waals surface area contributed by atoms with E-state index in [4.69, 9.17) is 0 Å². The highest BCUT2D eigenvalue weighted by molar-refractivity contribution is 4.94. The molecule has 1 aliphatic carbocycles. The number of hydrogen-bond acceptors (Lipinski definition) is 2. The quantitative estimate of drug-likeness (QED) is 0.839. The fraction of sp³-hybridized carbons (Fsp3) is 1.00. The molecular weight excluding hydrogens is 244 g/mol. The third-order valence-corrected chi connectivity index (χ3v) is 5.29. The second-order valence-electron chi connectivity index (χ2n) is 9.18. The summed E-state index contributed by atoms with van der Waals surface area (Å²) in [7, 11) is 0. The SMILES string of the molecule is CC(C)N1CCC(NC2CC(C)(C)CC(C)(C)C2)CC1. The zero-order valence-electron chi connectivity index (χ0n) is 14.6. The fourth-order valence-corrected chi connectivity index (χ4v) is 4.88. The van der Waals surface area contributed by atoms with Crippen LogP contribution >= 0.6 is 0 Å². The molecule has 0 aromatic heterocycles. The molecule has 2 fully saturated rings. The Hall–Kier alpha value is -0.0800. The van der Waals surface area contributed by atoms with Gasteiger partial charge in [-0.25, -0.2) is 0 Å². The van der Waals surface area contributed by atoms with Crippen molar-refractivity contribution in [2.75, 3.05) is 13.1 Å². The Morgan fingerprint density at radius 2 is 1.40 bits per heavy atom. The van der Waals surface area contributed by atoms with Crippen LogP contribution in [0.25, 0.3) is 0 Å². The zero-order valence-corrected chi connectivity index (χ0v) is 14.6. The van der Waals surface area contributed by atoms with E-state index in [-0.39, 0.29) is 0 Å². The average molecular weight is 280 g/mol. The van der Waals surface area contributed by atoms with Crippen LogP contribution < -0.4 is 5.32 Å². The lowest BCUT2D eigenvalue weighted by Crippen LogP contribution is -2.51. The molecule has 0 radical (unpaired) electrons. The Morgan fingerprint density at radius 1 is 0.900 bits per heavy atom. The maximum atomic E-state index is 4.00. The molecule has 2 nitrogen and oxygen atoms in total. The van der Waals surface area contributed by atoms with Crippen LogP contribution in [0.4, 0.5) is 0 Å². The second kappa shape index (κ2) is 5.96. The van der Waals surface area contributed by atoms with Crippen LogP contribution in [0, 0.1) is 10.8 Å². The molecule has 20 heavy (non-hydrogen) atoms. The molecular formula is C18H36N2. The van der Waals surface area contributed by atoms with E-state index >= 15 is 0 Å². The summed E-state index contributed by atoms with van der Waals surface area (Å²) < 4.78 is 0. The number of nitrogens with one attached hydrogen (secondary N) is 1. The van der Waals surface area contributed by atoms with E-state index in [1.54, 1.807) is 0 Å². The Balaban J connectivity index is 1.85. The number of rotatable bonds is 3. The minimum absolute atomic E-state index is 0.498. The highest BCUT2D eigenvalue weighted by atomic mass is 15.2. The Morgan fingerprint density at radius 3 is 1.85 bits per heavy atom. The molecule has 0 aromatic carbocycles. The van der Waals surface area contributed by atoms with Crippen LogP contribution in [-0.4, -0.2) is 36.1 Å². The van der Waals surface area contributed by atoms with Crippen molar-refractivity contribution in [3.05, 3.63) is 0 Å². The van der Waals surface area contributed by atoms with Crippen molar-refractivity contribution in [3.63, 3.8) is 0 Å². The molecule has 1 N–H and O–H groups in total. The summed E-state index contributed by atoms with van der Waals surface area (Å²) in [4.78, 5) is 2.62. The van der Waals surface area contributed by atoms with Gasteiger partial charge < -0.3 is 10.2 Å². The molecule has 1 saturated heterocycles. The normalized spacial score (nSPS) is 28.9. The smallest absolute Gasteiger partial charge is 0.00940 e. The Kier molecular flexibility index (Phi) is 4.86. The summed E-state index contributed by atoms with van der Waals surface area (Å²) >= 11 is 0. The molecule has 0 amide bonds. The first-order valence-corrected chi connectivity index (χ1v) is 8.67. The monoisotopic (exact) mass is 280 g/mol. The third kappa shape index (κ3) is 4.46. The van der Waals surface area contributed by atoms with E-state index in [1.807, 2.05) is 0 Å². The number of likely N-dealkylation sites (tertiary alicyclic amines) is 1. The molecule has 0 spiro atoms. The predicted octanol–water partition coefficient (Wildman–Crippen LogP) is 4.05. The van der Waals surface area contributed by atoms with E-state index in [1.165, 1.54) is 45.2 Å². The Labute approximate surface area is 126 Å². The zero-order chi connectivity index (χ0) is 15.0. The van der Waals surface area contributed by atoms with Crippen molar-refractivity contribution in [2.24, 2.45) is 10.8 Å². The van der Waals surface area contributed by atoms with E-state index in [9.17, 15) is 0 Å². The van der Waals surface area contributed by atoms with Gasteiger partial charge in [0.05, 0.1) is 0 Å². The van der Waals surface area contributed by atoms with Crippen molar-refractivity contribution in [2.45, 2.75) is 91.8 Å². The van der Waals surface area contributed by atoms with Gasteiger partial charge in [0.25, 0.3) is 0 Å². The fourth-order valence-electron chi connectivity index (χ4n) is 4.88. The predicted molar refractivity (Wildman–Crippen MR) is 88.1 cm³/mol. The van der Waals surface area contributed by atoms with Crippen LogP contribution in [0.3, 0.4) is 0 Å². The van der Waals surface area contributed by atoms with Crippen LogP contribution in [0.1, 0.15) is 73.6 Å². The minimum atomic E-state index is 0.498. The van der Waals surface area contributed by atoms with Crippen LogP contribution in [0.15, 0.2) is 0 Å². The van der Waals surface area contributed by atoms with E-state index in [0.717, 1.165) is 12.1 Å². The molecule has 0 aromatic rings. The summed E-state index contributed by atoms with van der Waals surface area (Å²) in [6.45, 7) is 17.0. The summed E-state index contributed by atoms with van der Waals surface area (Å²) in [6.07, 6.45) is 6.72. The van der Waals surface area contributed by atoms with E-state index in [2.05, 4.69) is 51.8 Å². The van der Waals surface area contributed by atoms with Crippen LogP contribution in [0.2, 0.25) is 0 Å². The first kappa shape index (κ1) is 16.3. The lowest BCUT2D eigenvalue weighted by Gasteiger charge is -2.47. The van der Waals surface area contributed by atoms with Gasteiger partial charge in [0.2, 0.25) is 0 Å². The molecule has 0 unspecified atom stereocenters. The van der Waals surface area contributed by atoms with Gasteiger partial charge in [0, 0.05) is 18.1 Å². The molecule has 1 saturated carbocycles. The Bertz CT molecular complexity index is 295.